The molecule has 0 radical (unpaired) electrons. The zero-order valence-corrected chi connectivity index (χ0v) is 14.0. The van der Waals surface area contributed by atoms with Gasteiger partial charge in [-0.05, 0) is 31.9 Å². The summed E-state index contributed by atoms with van der Waals surface area (Å²) in [4.78, 5) is 14.3. The Morgan fingerprint density at radius 1 is 1.32 bits per heavy atom. The van der Waals surface area contributed by atoms with Gasteiger partial charge in [0.15, 0.2) is 0 Å². The van der Waals surface area contributed by atoms with Gasteiger partial charge >= 0.3 is 0 Å². The molecule has 1 aromatic carbocycles. The number of carbonyl (C=O) groups excluding carboxylic acids is 1. The first kappa shape index (κ1) is 16.6. The van der Waals surface area contributed by atoms with E-state index in [1.807, 2.05) is 0 Å². The van der Waals surface area contributed by atoms with Crippen molar-refractivity contribution in [3.8, 4) is 5.75 Å². The molecule has 1 aromatic rings. The van der Waals surface area contributed by atoms with Crippen LogP contribution in [0, 0.1) is 0 Å². The van der Waals surface area contributed by atoms with Crippen molar-refractivity contribution in [1.82, 2.24) is 4.90 Å². The first-order chi connectivity index (χ1) is 10.3. The van der Waals surface area contributed by atoms with E-state index in [4.69, 9.17) is 4.74 Å². The Balaban J connectivity index is 2.35. The molecule has 0 aliphatic carbocycles. The Morgan fingerprint density at radius 2 is 1.95 bits per heavy atom. The maximum absolute atomic E-state index is 12.5. The first-order valence-electron chi connectivity index (χ1n) is 7.27. The summed E-state index contributed by atoms with van der Waals surface area (Å²) in [7, 11) is -2.07. The van der Waals surface area contributed by atoms with Crippen LogP contribution in [0.25, 0.3) is 0 Å². The van der Waals surface area contributed by atoms with E-state index in [-0.39, 0.29) is 5.91 Å². The summed E-state index contributed by atoms with van der Waals surface area (Å²) in [5, 5.41) is 0. The lowest BCUT2D eigenvalue weighted by Gasteiger charge is -2.31. The van der Waals surface area contributed by atoms with E-state index in [0.717, 1.165) is 23.4 Å². The van der Waals surface area contributed by atoms with Crippen molar-refractivity contribution in [2.75, 3.05) is 30.8 Å². The highest BCUT2D eigenvalue weighted by Crippen LogP contribution is 2.26. The number of anilines is 1. The van der Waals surface area contributed by atoms with Gasteiger partial charge < -0.3 is 9.64 Å². The summed E-state index contributed by atoms with van der Waals surface area (Å²) < 4.78 is 30.7. The van der Waals surface area contributed by atoms with Crippen LogP contribution in [-0.4, -0.2) is 51.7 Å². The van der Waals surface area contributed by atoms with Gasteiger partial charge in [0.25, 0.3) is 0 Å². The van der Waals surface area contributed by atoms with Crippen molar-refractivity contribution < 1.29 is 17.9 Å². The lowest BCUT2D eigenvalue weighted by molar-refractivity contribution is -0.130. The van der Waals surface area contributed by atoms with Crippen molar-refractivity contribution in [2.24, 2.45) is 0 Å². The molecule has 0 bridgehead atoms. The minimum Gasteiger partial charge on any atom is -0.497 e. The number of methoxy groups -OCH3 is 1. The van der Waals surface area contributed by atoms with Gasteiger partial charge in [-0.3, -0.25) is 9.10 Å². The number of hydrogen-bond donors (Lipinski definition) is 0. The van der Waals surface area contributed by atoms with Gasteiger partial charge in [0, 0.05) is 19.2 Å². The van der Waals surface area contributed by atoms with Crippen LogP contribution in [0.3, 0.4) is 0 Å². The number of nitrogens with zero attached hydrogens (tertiary/aromatic N) is 2. The summed E-state index contributed by atoms with van der Waals surface area (Å²) in [6.07, 6.45) is 3.05. The van der Waals surface area contributed by atoms with Crippen LogP contribution >= 0.6 is 0 Å². The number of hydrogen-bond acceptors (Lipinski definition) is 4. The van der Waals surface area contributed by atoms with Gasteiger partial charge in [0.05, 0.1) is 19.1 Å². The van der Waals surface area contributed by atoms with Crippen LogP contribution in [0.1, 0.15) is 19.8 Å². The van der Waals surface area contributed by atoms with E-state index < -0.39 is 16.1 Å². The Bertz CT molecular complexity index is 639. The quantitative estimate of drug-likeness (QED) is 0.822. The fourth-order valence-corrected chi connectivity index (χ4v) is 3.91. The molecule has 0 aromatic heterocycles. The van der Waals surface area contributed by atoms with Crippen molar-refractivity contribution >= 4 is 21.6 Å². The average molecular weight is 326 g/mol. The molecule has 1 fully saturated rings. The van der Waals surface area contributed by atoms with Crippen LogP contribution in [0.15, 0.2) is 24.3 Å². The lowest BCUT2D eigenvalue weighted by atomic mass is 10.2. The standard InChI is InChI=1S/C15H22N2O4S/c1-12(15(18)16-9-4-5-10-16)17(22(3,19)20)13-7-6-8-14(11-13)21-2/h6-8,11-12H,4-5,9-10H2,1-3H3. The van der Waals surface area contributed by atoms with Crippen LogP contribution in [0.4, 0.5) is 5.69 Å². The molecule has 6 nitrogen and oxygen atoms in total. The minimum absolute atomic E-state index is 0.161. The van der Waals surface area contributed by atoms with Crippen molar-refractivity contribution in [1.29, 1.82) is 0 Å². The van der Waals surface area contributed by atoms with Crippen LogP contribution < -0.4 is 9.04 Å². The highest BCUT2D eigenvalue weighted by atomic mass is 32.2. The molecule has 0 saturated carbocycles. The highest BCUT2D eigenvalue weighted by molar-refractivity contribution is 7.92. The summed E-state index contributed by atoms with van der Waals surface area (Å²) in [5.41, 5.74) is 0.432. The normalized spacial score (nSPS) is 16.4. The van der Waals surface area contributed by atoms with Crippen molar-refractivity contribution in [3.63, 3.8) is 0 Å². The van der Waals surface area contributed by atoms with Crippen molar-refractivity contribution in [3.05, 3.63) is 24.3 Å². The molecular formula is C15H22N2O4S. The average Bonchev–Trinajstić information content (AvgIpc) is 2.99. The molecule has 1 amide bonds. The van der Waals surface area contributed by atoms with E-state index in [1.54, 1.807) is 36.1 Å². The second kappa shape index (κ2) is 6.56. The molecule has 122 valence electrons. The molecule has 1 saturated heterocycles. The number of benzene rings is 1. The molecule has 0 N–H and O–H groups in total. The van der Waals surface area contributed by atoms with Gasteiger partial charge in [-0.1, -0.05) is 6.07 Å². The Kier molecular flexibility index (Phi) is 4.95. The minimum atomic E-state index is -3.59. The van der Waals surface area contributed by atoms with Crippen LogP contribution in [0.2, 0.25) is 0 Å². The zero-order valence-electron chi connectivity index (χ0n) is 13.2. The van der Waals surface area contributed by atoms with E-state index in [9.17, 15) is 13.2 Å². The third-order valence-corrected chi connectivity index (χ3v) is 5.03. The number of amides is 1. The summed E-state index contributed by atoms with van der Waals surface area (Å²) in [6, 6.07) is 5.95. The number of likely N-dealkylation sites (tertiary alicyclic amines) is 1. The molecule has 1 heterocycles. The fourth-order valence-electron chi connectivity index (χ4n) is 2.75. The predicted molar refractivity (Wildman–Crippen MR) is 85.6 cm³/mol. The Morgan fingerprint density at radius 3 is 2.50 bits per heavy atom. The second-order valence-electron chi connectivity index (χ2n) is 5.47. The van der Waals surface area contributed by atoms with Gasteiger partial charge in [0.2, 0.25) is 15.9 Å². The smallest absolute Gasteiger partial charge is 0.246 e. The Labute approximate surface area is 131 Å². The molecule has 1 unspecified atom stereocenters. The molecule has 2 rings (SSSR count). The third-order valence-electron chi connectivity index (χ3n) is 3.79. The second-order valence-corrected chi connectivity index (χ2v) is 7.33. The van der Waals surface area contributed by atoms with Gasteiger partial charge in [-0.25, -0.2) is 8.42 Å². The number of sulfonamides is 1. The number of carbonyl (C=O) groups is 1. The van der Waals surface area contributed by atoms with Crippen molar-refractivity contribution in [2.45, 2.75) is 25.8 Å². The molecule has 22 heavy (non-hydrogen) atoms. The molecule has 1 atom stereocenters. The summed E-state index contributed by atoms with van der Waals surface area (Å²) in [6.45, 7) is 3.01. The highest BCUT2D eigenvalue weighted by Gasteiger charge is 2.33. The number of ether oxygens (including phenoxy) is 1. The van der Waals surface area contributed by atoms with Gasteiger partial charge in [-0.15, -0.1) is 0 Å². The maximum atomic E-state index is 12.5. The third kappa shape index (κ3) is 3.52. The predicted octanol–water partition coefficient (Wildman–Crippen LogP) is 1.47. The zero-order chi connectivity index (χ0) is 16.3. The molecular weight excluding hydrogens is 304 g/mol. The topological polar surface area (TPSA) is 66.9 Å². The van der Waals surface area contributed by atoms with Gasteiger partial charge in [0.1, 0.15) is 11.8 Å². The van der Waals surface area contributed by atoms with E-state index in [1.165, 1.54) is 7.11 Å². The first-order valence-corrected chi connectivity index (χ1v) is 9.11. The lowest BCUT2D eigenvalue weighted by Crippen LogP contribution is -2.48. The van der Waals surface area contributed by atoms with E-state index in [2.05, 4.69) is 0 Å². The summed E-state index contributed by atoms with van der Waals surface area (Å²) >= 11 is 0. The fraction of sp³-hybridized carbons (Fsp3) is 0.533. The Hall–Kier alpha value is -1.76. The molecule has 7 heteroatoms. The van der Waals surface area contributed by atoms with E-state index in [0.29, 0.717) is 24.5 Å². The van der Waals surface area contributed by atoms with Crippen LogP contribution in [-0.2, 0) is 14.8 Å². The SMILES string of the molecule is COc1cccc(N(C(C)C(=O)N2CCCC2)S(C)(=O)=O)c1. The number of rotatable bonds is 5. The van der Waals surface area contributed by atoms with Gasteiger partial charge in [-0.2, -0.15) is 0 Å². The summed E-state index contributed by atoms with van der Waals surface area (Å²) in [5.74, 6) is 0.387. The van der Waals surface area contributed by atoms with Crippen LogP contribution in [0.5, 0.6) is 5.75 Å². The monoisotopic (exact) mass is 326 g/mol. The molecule has 0 spiro atoms. The van der Waals surface area contributed by atoms with E-state index >= 15 is 0 Å². The molecule has 1 aliphatic heterocycles. The largest absolute Gasteiger partial charge is 0.497 e. The molecule has 1 aliphatic rings. The maximum Gasteiger partial charge on any atom is 0.246 e.